The Hall–Kier alpha value is -3.69. The van der Waals surface area contributed by atoms with Gasteiger partial charge < -0.3 is 25.5 Å². The van der Waals surface area contributed by atoms with Crippen molar-refractivity contribution < 1.29 is 18.7 Å². The molecule has 0 spiro atoms. The molecule has 4 aromatic rings. The number of carbonyl (C=O) groups excluding carboxylic acids is 2. The van der Waals surface area contributed by atoms with Crippen LogP contribution < -0.4 is 16.4 Å². The number of aryl methyl sites for hydroxylation is 3. The number of furan rings is 1. The minimum absolute atomic E-state index is 0.0177. The summed E-state index contributed by atoms with van der Waals surface area (Å²) in [4.78, 5) is 32.2. The topological polar surface area (TPSA) is 119 Å². The van der Waals surface area contributed by atoms with Crippen LogP contribution >= 0.6 is 11.3 Å². The number of benzene rings is 1. The lowest BCUT2D eigenvalue weighted by Crippen LogP contribution is -2.31. The van der Waals surface area contributed by atoms with Gasteiger partial charge in [-0.3, -0.25) is 9.59 Å². The first-order valence-electron chi connectivity index (χ1n) is 11.9. The number of nitrogens with two attached hydrogens (primary N) is 1. The number of thiophene rings is 1. The molecule has 0 unspecified atom stereocenters. The van der Waals surface area contributed by atoms with Crippen molar-refractivity contribution in [2.45, 2.75) is 39.7 Å². The lowest BCUT2D eigenvalue weighted by molar-refractivity contribution is 0.0861. The van der Waals surface area contributed by atoms with Crippen molar-refractivity contribution in [3.05, 3.63) is 63.9 Å². The highest BCUT2D eigenvalue weighted by Gasteiger charge is 2.28. The Balaban J connectivity index is 1.58. The second-order valence-electron chi connectivity index (χ2n) is 9.07. The molecule has 0 aliphatic carbocycles. The van der Waals surface area contributed by atoms with Gasteiger partial charge in [-0.1, -0.05) is 17.7 Å². The van der Waals surface area contributed by atoms with Gasteiger partial charge in [-0.15, -0.1) is 11.3 Å². The number of nitrogens with zero attached hydrogens (tertiary/aromatic N) is 1. The Morgan fingerprint density at radius 2 is 2.03 bits per heavy atom. The molecule has 0 radical (unpaired) electrons. The first kappa shape index (κ1) is 24.0. The highest BCUT2D eigenvalue weighted by Crippen LogP contribution is 2.42. The largest absolute Gasteiger partial charge is 0.464 e. The number of pyridine rings is 1. The van der Waals surface area contributed by atoms with Gasteiger partial charge in [0.1, 0.15) is 15.5 Å². The number of nitrogens with one attached hydrogen (secondary N) is 2. The second-order valence-corrected chi connectivity index (χ2v) is 10.1. The van der Waals surface area contributed by atoms with Crippen LogP contribution in [0.15, 0.2) is 41.0 Å². The van der Waals surface area contributed by atoms with Gasteiger partial charge in [0.2, 0.25) is 0 Å². The number of nitrogen functional groups attached to an aromatic ring is 1. The first-order chi connectivity index (χ1) is 17.3. The Morgan fingerprint density at radius 1 is 1.19 bits per heavy atom. The zero-order valence-corrected chi connectivity index (χ0v) is 21.3. The standard InChI is InChI=1S/C27H28N4O4S/c1-14-8-9-18(15(2)12-14)31-25(32)20-16(3)30-27-22(21(20)19-7-5-11-35-19)23(28)24(36-27)26(33)29-13-17-6-4-10-34-17/h5,7-9,11-12,17H,4,6,10,13,28H2,1-3H3,(H,29,33)(H,31,32)/t17-/m0/s1. The maximum absolute atomic E-state index is 13.6. The van der Waals surface area contributed by atoms with E-state index in [4.69, 9.17) is 14.9 Å². The molecule has 1 aliphatic rings. The number of fused-ring (bicyclic) bond motifs is 1. The molecule has 3 aromatic heterocycles. The summed E-state index contributed by atoms with van der Waals surface area (Å²) in [6.07, 6.45) is 3.48. The molecule has 36 heavy (non-hydrogen) atoms. The maximum atomic E-state index is 13.6. The smallest absolute Gasteiger partial charge is 0.263 e. The highest BCUT2D eigenvalue weighted by molar-refractivity contribution is 7.21. The molecule has 2 amide bonds. The van der Waals surface area contributed by atoms with Crippen LogP contribution in [0.4, 0.5) is 11.4 Å². The lowest BCUT2D eigenvalue weighted by Gasteiger charge is -2.14. The van der Waals surface area contributed by atoms with Crippen molar-refractivity contribution in [3.8, 4) is 11.3 Å². The molecule has 1 saturated heterocycles. The van der Waals surface area contributed by atoms with E-state index in [9.17, 15) is 9.59 Å². The van der Waals surface area contributed by atoms with Crippen molar-refractivity contribution in [2.24, 2.45) is 0 Å². The molecular formula is C27H28N4O4S. The van der Waals surface area contributed by atoms with Gasteiger partial charge >= 0.3 is 0 Å². The van der Waals surface area contributed by atoms with E-state index in [0.29, 0.717) is 56.5 Å². The number of hydrogen-bond donors (Lipinski definition) is 3. The summed E-state index contributed by atoms with van der Waals surface area (Å²) >= 11 is 1.21. The molecule has 8 nitrogen and oxygen atoms in total. The van der Waals surface area contributed by atoms with Gasteiger partial charge in [0, 0.05) is 29.8 Å². The monoisotopic (exact) mass is 504 g/mol. The summed E-state index contributed by atoms with van der Waals surface area (Å²) in [5.41, 5.74) is 11.0. The van der Waals surface area contributed by atoms with Crippen LogP contribution in [0.25, 0.3) is 21.5 Å². The van der Waals surface area contributed by atoms with Crippen molar-refractivity contribution in [2.75, 3.05) is 24.2 Å². The van der Waals surface area contributed by atoms with Gasteiger partial charge in [0.15, 0.2) is 0 Å². The number of rotatable bonds is 6. The van der Waals surface area contributed by atoms with Gasteiger partial charge in [-0.25, -0.2) is 4.98 Å². The van der Waals surface area contributed by atoms with Crippen molar-refractivity contribution in [1.29, 1.82) is 0 Å². The SMILES string of the molecule is Cc1ccc(NC(=O)c2c(C)nc3sc(C(=O)NC[C@@H]4CCCO4)c(N)c3c2-c2ccco2)c(C)c1. The van der Waals surface area contributed by atoms with E-state index in [0.717, 1.165) is 24.0 Å². The molecule has 0 saturated carbocycles. The molecule has 4 N–H and O–H groups in total. The molecule has 5 rings (SSSR count). The van der Waals surface area contributed by atoms with Crippen LogP contribution in [-0.4, -0.2) is 36.1 Å². The maximum Gasteiger partial charge on any atom is 0.263 e. The predicted octanol–water partition coefficient (Wildman–Crippen LogP) is 5.22. The Labute approximate surface area is 212 Å². The van der Waals surface area contributed by atoms with Crippen molar-refractivity contribution in [1.82, 2.24) is 10.3 Å². The Bertz CT molecular complexity index is 1450. The normalized spacial score (nSPS) is 15.4. The van der Waals surface area contributed by atoms with Crippen LogP contribution in [0.2, 0.25) is 0 Å². The van der Waals surface area contributed by atoms with E-state index in [1.807, 2.05) is 32.0 Å². The summed E-state index contributed by atoms with van der Waals surface area (Å²) < 4.78 is 11.3. The third-order valence-electron chi connectivity index (χ3n) is 6.40. The molecule has 1 aromatic carbocycles. The number of carbonyl (C=O) groups is 2. The molecule has 1 fully saturated rings. The van der Waals surface area contributed by atoms with Crippen LogP contribution in [0.1, 0.15) is 49.7 Å². The quantitative estimate of drug-likeness (QED) is 0.331. The molecule has 1 atom stereocenters. The van der Waals surface area contributed by atoms with E-state index in [1.165, 1.54) is 11.3 Å². The van der Waals surface area contributed by atoms with Crippen LogP contribution in [0, 0.1) is 20.8 Å². The van der Waals surface area contributed by atoms with E-state index < -0.39 is 0 Å². The number of amides is 2. The van der Waals surface area contributed by atoms with Crippen molar-refractivity contribution in [3.63, 3.8) is 0 Å². The molecule has 4 heterocycles. The van der Waals surface area contributed by atoms with Gasteiger partial charge in [0.25, 0.3) is 11.8 Å². The first-order valence-corrected chi connectivity index (χ1v) is 12.7. The van der Waals surface area contributed by atoms with Crippen LogP contribution in [-0.2, 0) is 4.74 Å². The molecule has 0 bridgehead atoms. The second kappa shape index (κ2) is 9.75. The number of aromatic nitrogens is 1. The fourth-order valence-electron chi connectivity index (χ4n) is 4.61. The van der Waals surface area contributed by atoms with Gasteiger partial charge in [-0.05, 0) is 57.4 Å². The number of ether oxygens (including phenoxy) is 1. The third-order valence-corrected chi connectivity index (χ3v) is 7.50. The Morgan fingerprint density at radius 3 is 2.72 bits per heavy atom. The number of hydrogen-bond acceptors (Lipinski definition) is 7. The minimum Gasteiger partial charge on any atom is -0.464 e. The van der Waals surface area contributed by atoms with Crippen molar-refractivity contribution >= 4 is 44.7 Å². The fourth-order valence-corrected chi connectivity index (χ4v) is 5.68. The number of anilines is 2. The summed E-state index contributed by atoms with van der Waals surface area (Å²) in [7, 11) is 0. The third kappa shape index (κ3) is 4.47. The summed E-state index contributed by atoms with van der Waals surface area (Å²) in [6.45, 7) is 6.86. The zero-order valence-electron chi connectivity index (χ0n) is 20.4. The minimum atomic E-state index is -0.324. The molecular weight excluding hydrogens is 476 g/mol. The van der Waals surface area contributed by atoms with E-state index in [2.05, 4.69) is 15.6 Å². The Kier molecular flexibility index (Phi) is 6.51. The highest BCUT2D eigenvalue weighted by atomic mass is 32.1. The van der Waals surface area contributed by atoms with E-state index in [-0.39, 0.29) is 23.6 Å². The predicted molar refractivity (Wildman–Crippen MR) is 142 cm³/mol. The lowest BCUT2D eigenvalue weighted by atomic mass is 9.99. The average molecular weight is 505 g/mol. The van der Waals surface area contributed by atoms with Gasteiger partial charge in [0.05, 0.1) is 29.3 Å². The summed E-state index contributed by atoms with van der Waals surface area (Å²) in [5.74, 6) is -0.127. The van der Waals surface area contributed by atoms with Gasteiger partial charge in [-0.2, -0.15) is 0 Å². The van der Waals surface area contributed by atoms with Crippen LogP contribution in [0.3, 0.4) is 0 Å². The van der Waals surface area contributed by atoms with E-state index in [1.54, 1.807) is 25.3 Å². The fraction of sp³-hybridized carbons (Fsp3) is 0.296. The molecule has 186 valence electrons. The average Bonchev–Trinajstić information content (AvgIpc) is 3.60. The molecule has 9 heteroatoms. The molecule has 1 aliphatic heterocycles. The summed E-state index contributed by atoms with van der Waals surface area (Å²) in [6, 6.07) is 9.36. The zero-order chi connectivity index (χ0) is 25.4. The van der Waals surface area contributed by atoms with E-state index >= 15 is 0 Å². The van der Waals surface area contributed by atoms with Crippen LogP contribution in [0.5, 0.6) is 0 Å². The summed E-state index contributed by atoms with van der Waals surface area (Å²) in [5, 5.41) is 6.48.